The van der Waals surface area contributed by atoms with E-state index in [2.05, 4.69) is 16.0 Å². The maximum atomic E-state index is 13.0. The fourth-order valence-corrected chi connectivity index (χ4v) is 3.42. The molecule has 166 valence electrons. The SMILES string of the molecule is C#CC(=O)CNC(=O)C(=O)NCc1ccccc1C(=O)N[C@H](C)c1cccc2ccccc12. The van der Waals surface area contributed by atoms with Crippen LogP contribution in [0.4, 0.5) is 0 Å². The molecular formula is C26H23N3O4. The van der Waals surface area contributed by atoms with Crippen LogP contribution in [0.1, 0.15) is 34.5 Å². The van der Waals surface area contributed by atoms with Crippen LogP contribution in [0.2, 0.25) is 0 Å². The Labute approximate surface area is 191 Å². The summed E-state index contributed by atoms with van der Waals surface area (Å²) in [5, 5.41) is 9.74. The summed E-state index contributed by atoms with van der Waals surface area (Å²) in [6, 6.07) is 20.4. The lowest BCUT2D eigenvalue weighted by atomic mass is 9.99. The molecule has 3 rings (SSSR count). The van der Waals surface area contributed by atoms with Gasteiger partial charge in [0.2, 0.25) is 5.78 Å². The van der Waals surface area contributed by atoms with E-state index in [4.69, 9.17) is 6.42 Å². The van der Waals surface area contributed by atoms with Gasteiger partial charge in [0.15, 0.2) is 0 Å². The molecule has 0 saturated heterocycles. The van der Waals surface area contributed by atoms with Crippen LogP contribution in [0.25, 0.3) is 10.8 Å². The second-order valence-corrected chi connectivity index (χ2v) is 7.35. The first-order chi connectivity index (χ1) is 15.9. The van der Waals surface area contributed by atoms with Crippen molar-refractivity contribution in [3.05, 3.63) is 83.4 Å². The molecule has 7 heteroatoms. The molecule has 3 amide bonds. The fraction of sp³-hybridized carbons (Fsp3) is 0.154. The van der Waals surface area contributed by atoms with Crippen molar-refractivity contribution in [2.75, 3.05) is 6.54 Å². The summed E-state index contributed by atoms with van der Waals surface area (Å²) in [6.45, 7) is 1.45. The molecule has 1 atom stereocenters. The van der Waals surface area contributed by atoms with Gasteiger partial charge >= 0.3 is 11.8 Å². The third-order valence-corrected chi connectivity index (χ3v) is 5.12. The molecule has 7 nitrogen and oxygen atoms in total. The van der Waals surface area contributed by atoms with Crippen molar-refractivity contribution in [2.45, 2.75) is 19.5 Å². The van der Waals surface area contributed by atoms with Gasteiger partial charge in [-0.3, -0.25) is 19.2 Å². The minimum atomic E-state index is -0.981. The normalized spacial score (nSPS) is 11.2. The number of ketones is 1. The van der Waals surface area contributed by atoms with Crippen LogP contribution in [0.15, 0.2) is 66.7 Å². The van der Waals surface area contributed by atoms with Crippen molar-refractivity contribution >= 4 is 34.3 Å². The average Bonchev–Trinajstić information content (AvgIpc) is 2.85. The van der Waals surface area contributed by atoms with Gasteiger partial charge in [-0.05, 0) is 40.8 Å². The lowest BCUT2D eigenvalue weighted by Crippen LogP contribution is -2.41. The van der Waals surface area contributed by atoms with Crippen LogP contribution in [-0.4, -0.2) is 30.0 Å². The first-order valence-electron chi connectivity index (χ1n) is 10.3. The van der Waals surface area contributed by atoms with E-state index in [0.717, 1.165) is 16.3 Å². The number of hydrogen-bond donors (Lipinski definition) is 3. The maximum absolute atomic E-state index is 13.0. The van der Waals surface area contributed by atoms with Crippen LogP contribution >= 0.6 is 0 Å². The minimum absolute atomic E-state index is 0.0401. The van der Waals surface area contributed by atoms with Crippen molar-refractivity contribution in [3.63, 3.8) is 0 Å². The lowest BCUT2D eigenvalue weighted by Gasteiger charge is -2.18. The predicted octanol–water partition coefficient (Wildman–Crippen LogP) is 2.27. The Morgan fingerprint density at radius 2 is 1.55 bits per heavy atom. The Morgan fingerprint density at radius 3 is 2.33 bits per heavy atom. The summed E-state index contributed by atoms with van der Waals surface area (Å²) < 4.78 is 0. The molecule has 0 spiro atoms. The second-order valence-electron chi connectivity index (χ2n) is 7.35. The van der Waals surface area contributed by atoms with E-state index in [9.17, 15) is 19.2 Å². The molecule has 0 aliphatic carbocycles. The molecule has 0 saturated carbocycles. The number of fused-ring (bicyclic) bond motifs is 1. The Morgan fingerprint density at radius 1 is 0.879 bits per heavy atom. The first kappa shape index (κ1) is 23.2. The summed E-state index contributed by atoms with van der Waals surface area (Å²) >= 11 is 0. The van der Waals surface area contributed by atoms with Crippen molar-refractivity contribution in [2.24, 2.45) is 0 Å². The molecule has 0 radical (unpaired) electrons. The number of benzene rings is 3. The Hall–Kier alpha value is -4.44. The topological polar surface area (TPSA) is 104 Å². The summed E-state index contributed by atoms with van der Waals surface area (Å²) in [5.41, 5.74) is 1.92. The van der Waals surface area contributed by atoms with Gasteiger partial charge in [-0.1, -0.05) is 60.7 Å². The van der Waals surface area contributed by atoms with E-state index in [1.54, 1.807) is 24.3 Å². The van der Waals surface area contributed by atoms with E-state index in [1.807, 2.05) is 55.3 Å². The predicted molar refractivity (Wildman–Crippen MR) is 125 cm³/mol. The fourth-order valence-electron chi connectivity index (χ4n) is 3.42. The Kier molecular flexibility index (Phi) is 7.55. The van der Waals surface area contributed by atoms with Crippen molar-refractivity contribution in [1.29, 1.82) is 0 Å². The van der Waals surface area contributed by atoms with Gasteiger partial charge in [-0.15, -0.1) is 6.42 Å². The number of carbonyl (C=O) groups is 4. The van der Waals surface area contributed by atoms with E-state index < -0.39 is 24.1 Å². The first-order valence-corrected chi connectivity index (χ1v) is 10.3. The summed E-state index contributed by atoms with van der Waals surface area (Å²) in [6.07, 6.45) is 4.92. The summed E-state index contributed by atoms with van der Waals surface area (Å²) in [5.74, 6) is -1.01. The molecule has 0 unspecified atom stereocenters. The molecule has 33 heavy (non-hydrogen) atoms. The minimum Gasteiger partial charge on any atom is -0.345 e. The number of rotatable bonds is 7. The van der Waals surface area contributed by atoms with Gasteiger partial charge in [0.05, 0.1) is 12.6 Å². The highest BCUT2D eigenvalue weighted by atomic mass is 16.2. The summed E-state index contributed by atoms with van der Waals surface area (Å²) in [7, 11) is 0. The van der Waals surface area contributed by atoms with Crippen LogP contribution < -0.4 is 16.0 Å². The number of Topliss-reactive ketones (excluding diaryl/α,β-unsaturated/α-hetero) is 1. The monoisotopic (exact) mass is 441 g/mol. The van der Waals surface area contributed by atoms with Gasteiger partial charge < -0.3 is 16.0 Å². The second kappa shape index (κ2) is 10.7. The molecule has 3 aromatic rings. The molecule has 0 aliphatic heterocycles. The van der Waals surface area contributed by atoms with Gasteiger partial charge in [0.25, 0.3) is 5.91 Å². The largest absolute Gasteiger partial charge is 0.345 e. The molecule has 0 aliphatic rings. The molecule has 0 fully saturated rings. The highest BCUT2D eigenvalue weighted by molar-refractivity contribution is 6.35. The number of terminal acetylenes is 1. The van der Waals surface area contributed by atoms with E-state index >= 15 is 0 Å². The van der Waals surface area contributed by atoms with Crippen LogP contribution in [0, 0.1) is 12.3 Å². The molecule has 0 heterocycles. The Balaban J connectivity index is 1.67. The average molecular weight is 441 g/mol. The van der Waals surface area contributed by atoms with E-state index in [0.29, 0.717) is 11.1 Å². The molecular weight excluding hydrogens is 418 g/mol. The van der Waals surface area contributed by atoms with E-state index in [1.165, 1.54) is 0 Å². The van der Waals surface area contributed by atoms with Gasteiger partial charge in [0.1, 0.15) is 0 Å². The van der Waals surface area contributed by atoms with Gasteiger partial charge in [-0.2, -0.15) is 0 Å². The number of nitrogens with one attached hydrogen (secondary N) is 3. The Bertz CT molecular complexity index is 1250. The number of hydrogen-bond acceptors (Lipinski definition) is 4. The standard InChI is InChI=1S/C26H23N3O4/c1-3-20(30)16-28-26(33)25(32)27-15-19-10-5-7-13-23(19)24(31)29-17(2)21-14-8-11-18-9-4-6-12-22(18)21/h1,4-14,17H,15-16H2,2H3,(H,27,32)(H,28,33)(H,29,31)/t17-/m1/s1. The summed E-state index contributed by atoms with van der Waals surface area (Å²) in [4.78, 5) is 47.9. The molecule has 0 aromatic heterocycles. The maximum Gasteiger partial charge on any atom is 0.309 e. The molecule has 3 aromatic carbocycles. The van der Waals surface area contributed by atoms with E-state index in [-0.39, 0.29) is 18.5 Å². The lowest BCUT2D eigenvalue weighted by molar-refractivity contribution is -0.139. The third-order valence-electron chi connectivity index (χ3n) is 5.12. The quantitative estimate of drug-likeness (QED) is 0.297. The van der Waals surface area contributed by atoms with Crippen LogP contribution in [0.5, 0.6) is 0 Å². The highest BCUT2D eigenvalue weighted by Crippen LogP contribution is 2.24. The smallest absolute Gasteiger partial charge is 0.309 e. The van der Waals surface area contributed by atoms with Crippen molar-refractivity contribution in [3.8, 4) is 12.3 Å². The zero-order valence-corrected chi connectivity index (χ0v) is 18.1. The van der Waals surface area contributed by atoms with Crippen LogP contribution in [0.3, 0.4) is 0 Å². The van der Waals surface area contributed by atoms with Crippen molar-refractivity contribution in [1.82, 2.24) is 16.0 Å². The molecule has 0 bridgehead atoms. The van der Waals surface area contributed by atoms with Crippen molar-refractivity contribution < 1.29 is 19.2 Å². The molecule has 3 N–H and O–H groups in total. The van der Waals surface area contributed by atoms with Gasteiger partial charge in [0, 0.05) is 12.1 Å². The van der Waals surface area contributed by atoms with Gasteiger partial charge in [-0.25, -0.2) is 0 Å². The number of amides is 3. The third kappa shape index (κ3) is 5.83. The highest BCUT2D eigenvalue weighted by Gasteiger charge is 2.18. The zero-order chi connectivity index (χ0) is 23.8. The zero-order valence-electron chi connectivity index (χ0n) is 18.1. The van der Waals surface area contributed by atoms with Crippen LogP contribution in [-0.2, 0) is 20.9 Å². The number of carbonyl (C=O) groups excluding carboxylic acids is 4.